The van der Waals surface area contributed by atoms with Crippen molar-refractivity contribution in [2.75, 3.05) is 0 Å². The van der Waals surface area contributed by atoms with Gasteiger partial charge in [-0.05, 0) is 74.2 Å². The molecule has 0 unspecified atom stereocenters. The molecule has 1 amide bonds. The van der Waals surface area contributed by atoms with Gasteiger partial charge in [-0.25, -0.2) is 9.18 Å². The molecule has 0 aliphatic heterocycles. The first kappa shape index (κ1) is 18.5. The second-order valence-electron chi connectivity index (χ2n) is 6.62. The first-order valence-corrected chi connectivity index (χ1v) is 8.47. The lowest BCUT2D eigenvalue weighted by atomic mass is 9.96. The Bertz CT molecular complexity index is 754. The number of nitrogens with one attached hydrogen (secondary N) is 1. The third-order valence-electron chi connectivity index (χ3n) is 3.37. The molecule has 0 saturated carbocycles. The summed E-state index contributed by atoms with van der Waals surface area (Å²) in [4.78, 5) is 11.8. The molecule has 128 valence electrons. The van der Waals surface area contributed by atoms with Gasteiger partial charge in [0.25, 0.3) is 0 Å². The molecule has 24 heavy (non-hydrogen) atoms. The molecule has 2 aromatic carbocycles. The maximum absolute atomic E-state index is 13.7. The van der Waals surface area contributed by atoms with E-state index in [1.807, 2.05) is 25.1 Å². The number of benzene rings is 2. The quantitative estimate of drug-likeness (QED) is 0.737. The highest BCUT2D eigenvalue weighted by Crippen LogP contribution is 2.29. The van der Waals surface area contributed by atoms with E-state index in [9.17, 15) is 9.18 Å². The lowest BCUT2D eigenvalue weighted by Crippen LogP contribution is -2.32. The zero-order chi connectivity index (χ0) is 17.9. The van der Waals surface area contributed by atoms with Gasteiger partial charge < -0.3 is 10.1 Å². The van der Waals surface area contributed by atoms with Crippen molar-refractivity contribution < 1.29 is 13.9 Å². The SMILES string of the molecule is Cc1cc(Br)ccc1-c1ccc(F)cc1CNC(=O)OC(C)(C)C. The maximum Gasteiger partial charge on any atom is 0.407 e. The van der Waals surface area contributed by atoms with Crippen LogP contribution >= 0.6 is 15.9 Å². The topological polar surface area (TPSA) is 38.3 Å². The smallest absolute Gasteiger partial charge is 0.407 e. The normalized spacial score (nSPS) is 11.2. The average molecular weight is 394 g/mol. The van der Waals surface area contributed by atoms with Crippen molar-refractivity contribution in [3.05, 3.63) is 57.8 Å². The lowest BCUT2D eigenvalue weighted by Gasteiger charge is -2.20. The number of hydrogen-bond acceptors (Lipinski definition) is 2. The standard InChI is InChI=1S/C19H21BrFNO2/c1-12-9-14(20)5-7-16(12)17-8-6-15(21)10-13(17)11-22-18(23)24-19(2,3)4/h5-10H,11H2,1-4H3,(H,22,23). The van der Waals surface area contributed by atoms with E-state index in [0.29, 0.717) is 5.56 Å². The molecule has 0 atom stereocenters. The second-order valence-corrected chi connectivity index (χ2v) is 7.53. The Balaban J connectivity index is 2.27. The van der Waals surface area contributed by atoms with Gasteiger partial charge in [-0.1, -0.05) is 28.1 Å². The van der Waals surface area contributed by atoms with Crippen molar-refractivity contribution in [3.63, 3.8) is 0 Å². The maximum atomic E-state index is 13.7. The van der Waals surface area contributed by atoms with Crippen molar-refractivity contribution >= 4 is 22.0 Å². The van der Waals surface area contributed by atoms with Crippen molar-refractivity contribution in [1.29, 1.82) is 0 Å². The molecule has 0 bridgehead atoms. The molecule has 0 aromatic heterocycles. The number of alkyl carbamates (subject to hydrolysis) is 1. The highest BCUT2D eigenvalue weighted by atomic mass is 79.9. The number of carbonyl (C=O) groups excluding carboxylic acids is 1. The van der Waals surface area contributed by atoms with Crippen LogP contribution in [0.3, 0.4) is 0 Å². The van der Waals surface area contributed by atoms with E-state index >= 15 is 0 Å². The summed E-state index contributed by atoms with van der Waals surface area (Å²) in [6.07, 6.45) is -0.523. The Kier molecular flexibility index (Phi) is 5.65. The summed E-state index contributed by atoms with van der Waals surface area (Å²) in [5.74, 6) is -0.338. The summed E-state index contributed by atoms with van der Waals surface area (Å²) in [5, 5.41) is 2.69. The highest BCUT2D eigenvalue weighted by molar-refractivity contribution is 9.10. The van der Waals surface area contributed by atoms with E-state index in [1.165, 1.54) is 12.1 Å². The molecule has 0 fully saturated rings. The van der Waals surface area contributed by atoms with E-state index < -0.39 is 11.7 Å². The Morgan fingerprint density at radius 2 is 1.83 bits per heavy atom. The van der Waals surface area contributed by atoms with Crippen LogP contribution < -0.4 is 5.32 Å². The van der Waals surface area contributed by atoms with Crippen molar-refractivity contribution in [1.82, 2.24) is 5.32 Å². The van der Waals surface area contributed by atoms with E-state index in [1.54, 1.807) is 26.8 Å². The Morgan fingerprint density at radius 1 is 1.17 bits per heavy atom. The van der Waals surface area contributed by atoms with Gasteiger partial charge in [0.2, 0.25) is 0 Å². The Morgan fingerprint density at radius 3 is 2.46 bits per heavy atom. The van der Waals surface area contributed by atoms with Crippen LogP contribution in [0.2, 0.25) is 0 Å². The van der Waals surface area contributed by atoms with E-state index in [0.717, 1.165) is 21.2 Å². The molecule has 3 nitrogen and oxygen atoms in total. The molecule has 0 saturated heterocycles. The van der Waals surface area contributed by atoms with Gasteiger partial charge in [0, 0.05) is 11.0 Å². The number of hydrogen-bond donors (Lipinski definition) is 1. The zero-order valence-electron chi connectivity index (χ0n) is 14.2. The van der Waals surface area contributed by atoms with Crippen LogP contribution in [0.15, 0.2) is 40.9 Å². The summed E-state index contributed by atoms with van der Waals surface area (Å²) in [6.45, 7) is 7.58. The number of ether oxygens (including phenoxy) is 1. The van der Waals surface area contributed by atoms with Crippen LogP contribution in [-0.4, -0.2) is 11.7 Å². The third kappa shape index (κ3) is 5.06. The van der Waals surface area contributed by atoms with Crippen LogP contribution in [0.1, 0.15) is 31.9 Å². The number of rotatable bonds is 3. The van der Waals surface area contributed by atoms with Crippen molar-refractivity contribution in [2.24, 2.45) is 0 Å². The molecule has 2 rings (SSSR count). The molecule has 0 heterocycles. The van der Waals surface area contributed by atoms with Gasteiger partial charge in [0.1, 0.15) is 11.4 Å². The summed E-state index contributed by atoms with van der Waals surface area (Å²) in [6, 6.07) is 10.5. The van der Waals surface area contributed by atoms with Crippen LogP contribution in [-0.2, 0) is 11.3 Å². The van der Waals surface area contributed by atoms with Gasteiger partial charge in [0.05, 0.1) is 0 Å². The minimum atomic E-state index is -0.572. The predicted molar refractivity (Wildman–Crippen MR) is 97.3 cm³/mol. The Hall–Kier alpha value is -1.88. The minimum absolute atomic E-state index is 0.192. The number of carbonyl (C=O) groups is 1. The van der Waals surface area contributed by atoms with Crippen LogP contribution in [0, 0.1) is 12.7 Å². The monoisotopic (exact) mass is 393 g/mol. The number of halogens is 2. The lowest BCUT2D eigenvalue weighted by molar-refractivity contribution is 0.0523. The summed E-state index contributed by atoms with van der Waals surface area (Å²) < 4.78 is 19.9. The molecule has 0 aliphatic rings. The van der Waals surface area contributed by atoms with Gasteiger partial charge in [0.15, 0.2) is 0 Å². The molecule has 1 N–H and O–H groups in total. The van der Waals surface area contributed by atoms with Gasteiger partial charge in [-0.2, -0.15) is 0 Å². The fourth-order valence-corrected chi connectivity index (χ4v) is 2.86. The summed E-state index contributed by atoms with van der Waals surface area (Å²) in [7, 11) is 0. The van der Waals surface area contributed by atoms with Crippen LogP contribution in [0.5, 0.6) is 0 Å². The summed E-state index contributed by atoms with van der Waals surface area (Å²) >= 11 is 3.44. The fourth-order valence-electron chi connectivity index (χ4n) is 2.38. The molecular weight excluding hydrogens is 373 g/mol. The van der Waals surface area contributed by atoms with Gasteiger partial charge >= 0.3 is 6.09 Å². The number of amides is 1. The van der Waals surface area contributed by atoms with Gasteiger partial charge in [-0.15, -0.1) is 0 Å². The zero-order valence-corrected chi connectivity index (χ0v) is 15.8. The summed E-state index contributed by atoms with van der Waals surface area (Å²) in [5.41, 5.74) is 3.08. The third-order valence-corrected chi connectivity index (χ3v) is 3.86. The second kappa shape index (κ2) is 7.34. The molecular formula is C19H21BrFNO2. The molecule has 0 radical (unpaired) electrons. The average Bonchev–Trinajstić information content (AvgIpc) is 2.44. The van der Waals surface area contributed by atoms with Crippen LogP contribution in [0.4, 0.5) is 9.18 Å². The molecule has 5 heteroatoms. The largest absolute Gasteiger partial charge is 0.444 e. The van der Waals surface area contributed by atoms with Crippen molar-refractivity contribution in [3.8, 4) is 11.1 Å². The molecule has 2 aromatic rings. The predicted octanol–water partition coefficient (Wildman–Crippen LogP) is 5.59. The van der Waals surface area contributed by atoms with Crippen molar-refractivity contribution in [2.45, 2.75) is 39.8 Å². The fraction of sp³-hybridized carbons (Fsp3) is 0.316. The first-order chi connectivity index (χ1) is 11.2. The van der Waals surface area contributed by atoms with E-state index in [2.05, 4.69) is 21.2 Å². The van der Waals surface area contributed by atoms with Crippen LogP contribution in [0.25, 0.3) is 11.1 Å². The Labute approximate surface area is 150 Å². The van der Waals surface area contributed by atoms with E-state index in [-0.39, 0.29) is 12.4 Å². The van der Waals surface area contributed by atoms with E-state index in [4.69, 9.17) is 4.74 Å². The van der Waals surface area contributed by atoms with Gasteiger partial charge in [-0.3, -0.25) is 0 Å². The minimum Gasteiger partial charge on any atom is -0.444 e. The highest BCUT2D eigenvalue weighted by Gasteiger charge is 2.17. The molecule has 0 aliphatic carbocycles. The first-order valence-electron chi connectivity index (χ1n) is 7.67. The molecule has 0 spiro atoms. The number of aryl methyl sites for hydroxylation is 1.